The fourth-order valence-corrected chi connectivity index (χ4v) is 4.04. The average molecular weight is 402 g/mol. The number of carboxylic acids is 1. The molecule has 0 radical (unpaired) electrons. The summed E-state index contributed by atoms with van der Waals surface area (Å²) in [6.07, 6.45) is -0.00790. The molecule has 0 amide bonds. The van der Waals surface area contributed by atoms with E-state index in [9.17, 15) is 19.8 Å². The van der Waals surface area contributed by atoms with Crippen molar-refractivity contribution in [2.24, 2.45) is 5.92 Å². The van der Waals surface area contributed by atoms with Gasteiger partial charge in [-0.2, -0.15) is 0 Å². The van der Waals surface area contributed by atoms with Crippen LogP contribution in [0, 0.1) is 5.92 Å². The summed E-state index contributed by atoms with van der Waals surface area (Å²) in [6, 6.07) is 22.4. The third-order valence-corrected chi connectivity index (χ3v) is 5.55. The Bertz CT molecular complexity index is 1030. The highest BCUT2D eigenvalue weighted by Gasteiger charge is 2.30. The number of aliphatic carboxylic acids is 1. The molecule has 30 heavy (non-hydrogen) atoms. The largest absolute Gasteiger partial charge is 0.508 e. The first-order valence-corrected chi connectivity index (χ1v) is 9.87. The summed E-state index contributed by atoms with van der Waals surface area (Å²) in [7, 11) is 0. The molecule has 0 bridgehead atoms. The van der Waals surface area contributed by atoms with Gasteiger partial charge in [0.1, 0.15) is 12.4 Å². The van der Waals surface area contributed by atoms with E-state index in [4.69, 9.17) is 4.74 Å². The van der Waals surface area contributed by atoms with Gasteiger partial charge < -0.3 is 14.9 Å². The maximum Gasteiger partial charge on any atom is 0.307 e. The monoisotopic (exact) mass is 402 g/mol. The van der Waals surface area contributed by atoms with Crippen LogP contribution in [0.15, 0.2) is 72.8 Å². The minimum atomic E-state index is -1.04. The lowest BCUT2D eigenvalue weighted by atomic mass is 9.96. The molecule has 0 fully saturated rings. The molecule has 3 aromatic carbocycles. The summed E-state index contributed by atoms with van der Waals surface area (Å²) >= 11 is 0. The van der Waals surface area contributed by atoms with Crippen LogP contribution in [0.5, 0.6) is 5.75 Å². The van der Waals surface area contributed by atoms with E-state index >= 15 is 0 Å². The number of benzene rings is 3. The summed E-state index contributed by atoms with van der Waals surface area (Å²) in [6.45, 7) is 0.179. The standard InChI is InChI=1S/C25H22O5/c26-18-11-9-16(10-12-18)13-17(25(28)29)14-24(27)30-15-23-21-7-3-1-5-19(21)20-6-2-4-8-22(20)23/h1-12,17,23,26H,13-15H2,(H,28,29)/t17-/m0/s1. The molecular weight excluding hydrogens is 380 g/mol. The summed E-state index contributed by atoms with van der Waals surface area (Å²) in [5.41, 5.74) is 5.26. The Kier molecular flexibility index (Phi) is 5.53. The SMILES string of the molecule is O=C(C[C@H](Cc1ccc(O)cc1)C(=O)O)OCC1c2ccccc2-c2ccccc21. The van der Waals surface area contributed by atoms with Gasteiger partial charge in [0, 0.05) is 5.92 Å². The molecule has 0 spiro atoms. The molecule has 1 aliphatic rings. The number of carbonyl (C=O) groups is 2. The molecule has 1 aliphatic carbocycles. The van der Waals surface area contributed by atoms with Crippen LogP contribution in [0.3, 0.4) is 0 Å². The normalized spacial score (nSPS) is 13.3. The van der Waals surface area contributed by atoms with E-state index in [1.54, 1.807) is 12.1 Å². The Hall–Kier alpha value is -3.60. The zero-order valence-electron chi connectivity index (χ0n) is 16.3. The Morgan fingerprint density at radius 3 is 2.00 bits per heavy atom. The highest BCUT2D eigenvalue weighted by atomic mass is 16.5. The van der Waals surface area contributed by atoms with Crippen LogP contribution in [0.25, 0.3) is 11.1 Å². The molecule has 0 saturated carbocycles. The van der Waals surface area contributed by atoms with Gasteiger partial charge in [-0.1, -0.05) is 60.7 Å². The quantitative estimate of drug-likeness (QED) is 0.573. The van der Waals surface area contributed by atoms with Crippen LogP contribution < -0.4 is 0 Å². The first-order chi connectivity index (χ1) is 14.5. The molecule has 0 unspecified atom stereocenters. The van der Waals surface area contributed by atoms with Crippen molar-refractivity contribution in [3.8, 4) is 16.9 Å². The zero-order valence-corrected chi connectivity index (χ0v) is 16.3. The Balaban J connectivity index is 1.43. The van der Waals surface area contributed by atoms with Crippen molar-refractivity contribution in [2.75, 3.05) is 6.61 Å². The van der Waals surface area contributed by atoms with Crippen LogP contribution in [-0.2, 0) is 20.7 Å². The number of hydrogen-bond acceptors (Lipinski definition) is 4. The second-order valence-corrected chi connectivity index (χ2v) is 7.52. The summed E-state index contributed by atoms with van der Waals surface area (Å²) in [5, 5.41) is 18.9. The summed E-state index contributed by atoms with van der Waals surface area (Å²) in [4.78, 5) is 24.1. The number of phenolic OH excluding ortho intramolecular Hbond substituents is 1. The van der Waals surface area contributed by atoms with Gasteiger partial charge in [0.25, 0.3) is 0 Å². The second-order valence-electron chi connectivity index (χ2n) is 7.52. The number of rotatable bonds is 7. The summed E-state index contributed by atoms with van der Waals surface area (Å²) in [5.74, 6) is -2.39. The minimum Gasteiger partial charge on any atom is -0.508 e. The number of phenols is 1. The number of esters is 1. The first-order valence-electron chi connectivity index (χ1n) is 9.87. The predicted molar refractivity (Wildman–Crippen MR) is 112 cm³/mol. The molecule has 3 aromatic rings. The number of fused-ring (bicyclic) bond motifs is 3. The molecule has 1 atom stereocenters. The van der Waals surface area contributed by atoms with Crippen molar-refractivity contribution in [3.05, 3.63) is 89.5 Å². The Labute approximate surface area is 174 Å². The maximum atomic E-state index is 12.5. The second kappa shape index (κ2) is 8.41. The van der Waals surface area contributed by atoms with E-state index in [-0.39, 0.29) is 31.1 Å². The van der Waals surface area contributed by atoms with E-state index in [2.05, 4.69) is 12.1 Å². The van der Waals surface area contributed by atoms with Crippen molar-refractivity contribution >= 4 is 11.9 Å². The van der Waals surface area contributed by atoms with E-state index in [1.165, 1.54) is 12.1 Å². The van der Waals surface area contributed by atoms with Gasteiger partial charge in [-0.15, -0.1) is 0 Å². The van der Waals surface area contributed by atoms with Crippen LogP contribution in [0.2, 0.25) is 0 Å². The van der Waals surface area contributed by atoms with Crippen molar-refractivity contribution < 1.29 is 24.5 Å². The number of ether oxygens (including phenoxy) is 1. The minimum absolute atomic E-state index is 0.0540. The molecule has 0 aromatic heterocycles. The van der Waals surface area contributed by atoms with Crippen LogP contribution >= 0.6 is 0 Å². The number of carbonyl (C=O) groups excluding carboxylic acids is 1. The lowest BCUT2D eigenvalue weighted by molar-refractivity contribution is -0.151. The third-order valence-electron chi connectivity index (χ3n) is 5.55. The van der Waals surface area contributed by atoms with Crippen LogP contribution in [0.4, 0.5) is 0 Å². The molecule has 2 N–H and O–H groups in total. The highest BCUT2D eigenvalue weighted by Crippen LogP contribution is 2.44. The van der Waals surface area contributed by atoms with Gasteiger partial charge in [0.2, 0.25) is 0 Å². The molecule has 0 heterocycles. The molecule has 5 nitrogen and oxygen atoms in total. The topological polar surface area (TPSA) is 83.8 Å². The van der Waals surface area contributed by atoms with Gasteiger partial charge in [-0.05, 0) is 46.4 Å². The van der Waals surface area contributed by atoms with Crippen molar-refractivity contribution in [2.45, 2.75) is 18.8 Å². The Morgan fingerprint density at radius 1 is 0.867 bits per heavy atom. The lowest BCUT2D eigenvalue weighted by Crippen LogP contribution is -2.22. The molecule has 0 saturated heterocycles. The van der Waals surface area contributed by atoms with Crippen molar-refractivity contribution in [1.29, 1.82) is 0 Å². The highest BCUT2D eigenvalue weighted by molar-refractivity contribution is 5.80. The predicted octanol–water partition coefficient (Wildman–Crippen LogP) is 4.38. The van der Waals surface area contributed by atoms with E-state index in [0.29, 0.717) is 0 Å². The number of aromatic hydroxyl groups is 1. The molecule has 4 rings (SSSR count). The smallest absolute Gasteiger partial charge is 0.307 e. The molecular formula is C25H22O5. The number of carboxylic acid groups (broad SMARTS) is 1. The van der Waals surface area contributed by atoms with E-state index in [0.717, 1.165) is 27.8 Å². The zero-order chi connectivity index (χ0) is 21.1. The van der Waals surface area contributed by atoms with Crippen molar-refractivity contribution in [3.63, 3.8) is 0 Å². The molecule has 5 heteroatoms. The molecule has 0 aliphatic heterocycles. The van der Waals surface area contributed by atoms with Crippen LogP contribution in [0.1, 0.15) is 29.0 Å². The fourth-order valence-electron chi connectivity index (χ4n) is 4.04. The molecule has 152 valence electrons. The van der Waals surface area contributed by atoms with Gasteiger partial charge in [0.05, 0.1) is 12.3 Å². The Morgan fingerprint density at radius 2 is 1.43 bits per heavy atom. The summed E-state index contributed by atoms with van der Waals surface area (Å²) < 4.78 is 5.53. The van der Waals surface area contributed by atoms with Gasteiger partial charge in [0.15, 0.2) is 0 Å². The third kappa shape index (κ3) is 4.06. The average Bonchev–Trinajstić information content (AvgIpc) is 3.07. The van der Waals surface area contributed by atoms with E-state index < -0.39 is 17.9 Å². The van der Waals surface area contributed by atoms with E-state index in [1.807, 2.05) is 36.4 Å². The van der Waals surface area contributed by atoms with Gasteiger partial charge in [-0.25, -0.2) is 0 Å². The fraction of sp³-hybridized carbons (Fsp3) is 0.200. The van der Waals surface area contributed by atoms with Crippen molar-refractivity contribution in [1.82, 2.24) is 0 Å². The van der Waals surface area contributed by atoms with Gasteiger partial charge >= 0.3 is 11.9 Å². The maximum absolute atomic E-state index is 12.5. The first kappa shape index (κ1) is 19.7. The van der Waals surface area contributed by atoms with Gasteiger partial charge in [-0.3, -0.25) is 9.59 Å². The number of hydrogen-bond donors (Lipinski definition) is 2. The van der Waals surface area contributed by atoms with Crippen LogP contribution in [-0.4, -0.2) is 28.8 Å². The lowest BCUT2D eigenvalue weighted by Gasteiger charge is -2.16.